The van der Waals surface area contributed by atoms with Gasteiger partial charge in [-0.25, -0.2) is 8.42 Å². The van der Waals surface area contributed by atoms with Crippen molar-refractivity contribution in [3.63, 3.8) is 0 Å². The van der Waals surface area contributed by atoms with Crippen LogP contribution in [0.25, 0.3) is 0 Å². The number of sulfone groups is 1. The molecule has 0 spiro atoms. The summed E-state index contributed by atoms with van der Waals surface area (Å²) in [7, 11) is -3.30. The molecule has 112 valence electrons. The van der Waals surface area contributed by atoms with Crippen molar-refractivity contribution in [3.05, 3.63) is 0 Å². The van der Waals surface area contributed by atoms with Crippen LogP contribution in [-0.2, 0) is 14.6 Å². The Morgan fingerprint density at radius 1 is 1.32 bits per heavy atom. The van der Waals surface area contributed by atoms with Crippen molar-refractivity contribution >= 4 is 15.7 Å². The van der Waals surface area contributed by atoms with E-state index >= 15 is 0 Å². The van der Waals surface area contributed by atoms with Crippen LogP contribution in [0.5, 0.6) is 0 Å². The molecule has 1 aliphatic rings. The van der Waals surface area contributed by atoms with Crippen molar-refractivity contribution in [2.45, 2.75) is 32.4 Å². The third kappa shape index (κ3) is 5.48. The Hall–Kier alpha value is -0.620. The number of nitrogens with zero attached hydrogens (tertiary/aromatic N) is 1. The van der Waals surface area contributed by atoms with Gasteiger partial charge in [0, 0.05) is 32.4 Å². The SMILES string of the molecule is C[C@@H]1C[C@H](C)CN(CCNC(=O)[C@@H](C)S(C)(=O)=O)C1. The normalized spacial score (nSPS) is 26.9. The van der Waals surface area contributed by atoms with Gasteiger partial charge in [-0.1, -0.05) is 13.8 Å². The van der Waals surface area contributed by atoms with Crippen LogP contribution in [0.15, 0.2) is 0 Å². The van der Waals surface area contributed by atoms with Gasteiger partial charge >= 0.3 is 0 Å². The minimum absolute atomic E-state index is 0.402. The summed E-state index contributed by atoms with van der Waals surface area (Å²) in [6.07, 6.45) is 2.35. The second-order valence-corrected chi connectivity index (χ2v) is 8.33. The second-order valence-electron chi connectivity index (χ2n) is 5.97. The second kappa shape index (κ2) is 6.70. The first kappa shape index (κ1) is 16.4. The molecule has 1 N–H and O–H groups in total. The fraction of sp³-hybridized carbons (Fsp3) is 0.923. The topological polar surface area (TPSA) is 66.5 Å². The molecule has 1 saturated heterocycles. The Balaban J connectivity index is 2.32. The maximum Gasteiger partial charge on any atom is 0.238 e. The van der Waals surface area contributed by atoms with E-state index in [2.05, 4.69) is 24.1 Å². The molecule has 6 heteroatoms. The van der Waals surface area contributed by atoms with Gasteiger partial charge in [0.25, 0.3) is 0 Å². The number of amides is 1. The molecule has 0 saturated carbocycles. The Kier molecular flexibility index (Phi) is 5.80. The lowest BCUT2D eigenvalue weighted by Gasteiger charge is -2.34. The van der Waals surface area contributed by atoms with Crippen LogP contribution in [0.4, 0.5) is 0 Å². The number of hydrogen-bond donors (Lipinski definition) is 1. The molecule has 0 unspecified atom stereocenters. The number of likely N-dealkylation sites (tertiary alicyclic amines) is 1. The van der Waals surface area contributed by atoms with Gasteiger partial charge in [0.2, 0.25) is 5.91 Å². The molecular weight excluding hydrogens is 264 g/mol. The summed E-state index contributed by atoms with van der Waals surface area (Å²) in [5, 5.41) is 1.74. The molecule has 5 nitrogen and oxygen atoms in total. The lowest BCUT2D eigenvalue weighted by atomic mass is 9.92. The van der Waals surface area contributed by atoms with Crippen LogP contribution in [0.3, 0.4) is 0 Å². The van der Waals surface area contributed by atoms with Crippen molar-refractivity contribution in [1.29, 1.82) is 0 Å². The number of hydrogen-bond acceptors (Lipinski definition) is 4. The van der Waals surface area contributed by atoms with Gasteiger partial charge in [-0.2, -0.15) is 0 Å². The summed E-state index contributed by atoms with van der Waals surface area (Å²) in [5.41, 5.74) is 0. The van der Waals surface area contributed by atoms with Crippen molar-refractivity contribution in [3.8, 4) is 0 Å². The molecule has 0 aliphatic carbocycles. The van der Waals surface area contributed by atoms with Crippen molar-refractivity contribution < 1.29 is 13.2 Å². The van der Waals surface area contributed by atoms with E-state index in [1.807, 2.05) is 0 Å². The molecule has 0 bridgehead atoms. The number of carbonyl (C=O) groups is 1. The van der Waals surface area contributed by atoms with E-state index in [4.69, 9.17) is 0 Å². The maximum atomic E-state index is 11.7. The smallest absolute Gasteiger partial charge is 0.238 e. The Morgan fingerprint density at radius 2 is 1.84 bits per heavy atom. The first-order valence-corrected chi connectivity index (χ1v) is 8.84. The molecule has 1 fully saturated rings. The number of carbonyl (C=O) groups excluding carboxylic acids is 1. The predicted octanol–water partition coefficient (Wildman–Crippen LogP) is 0.514. The highest BCUT2D eigenvalue weighted by molar-refractivity contribution is 7.92. The fourth-order valence-corrected chi connectivity index (χ4v) is 3.12. The zero-order valence-electron chi connectivity index (χ0n) is 12.3. The molecule has 0 aromatic rings. The monoisotopic (exact) mass is 290 g/mol. The number of rotatable bonds is 5. The zero-order valence-corrected chi connectivity index (χ0v) is 13.2. The van der Waals surface area contributed by atoms with E-state index < -0.39 is 21.0 Å². The molecular formula is C13H26N2O3S. The van der Waals surface area contributed by atoms with Crippen LogP contribution in [0.2, 0.25) is 0 Å². The van der Waals surface area contributed by atoms with Crippen LogP contribution in [-0.4, -0.2) is 56.9 Å². The van der Waals surface area contributed by atoms with Gasteiger partial charge in [-0.3, -0.25) is 4.79 Å². The molecule has 19 heavy (non-hydrogen) atoms. The Morgan fingerprint density at radius 3 is 2.32 bits per heavy atom. The van der Waals surface area contributed by atoms with E-state index in [0.717, 1.165) is 25.9 Å². The summed E-state index contributed by atoms with van der Waals surface area (Å²) in [6, 6.07) is 0. The minimum atomic E-state index is -3.30. The van der Waals surface area contributed by atoms with E-state index in [-0.39, 0.29) is 0 Å². The van der Waals surface area contributed by atoms with Crippen molar-refractivity contribution in [2.75, 3.05) is 32.4 Å². The highest BCUT2D eigenvalue weighted by Gasteiger charge is 2.24. The standard InChI is InChI=1S/C13H26N2O3S/c1-10-7-11(2)9-15(8-10)6-5-14-13(16)12(3)19(4,17)18/h10-12H,5-9H2,1-4H3,(H,14,16)/t10-,11+,12-/m1/s1. The van der Waals surface area contributed by atoms with Gasteiger partial charge in [-0.15, -0.1) is 0 Å². The first-order chi connectivity index (χ1) is 8.70. The fourth-order valence-electron chi connectivity index (χ4n) is 2.65. The van der Waals surface area contributed by atoms with E-state index in [1.165, 1.54) is 13.3 Å². The van der Waals surface area contributed by atoms with Gasteiger partial charge in [0.05, 0.1) is 0 Å². The predicted molar refractivity (Wildman–Crippen MR) is 76.7 cm³/mol. The molecule has 1 amide bonds. The van der Waals surface area contributed by atoms with Crippen molar-refractivity contribution in [2.24, 2.45) is 11.8 Å². The molecule has 3 atom stereocenters. The third-order valence-corrected chi connectivity index (χ3v) is 5.18. The molecule has 0 aromatic heterocycles. The largest absolute Gasteiger partial charge is 0.354 e. The average Bonchev–Trinajstić information content (AvgIpc) is 2.25. The Labute approximate surface area is 116 Å². The number of piperidine rings is 1. The van der Waals surface area contributed by atoms with Gasteiger partial charge in [0.1, 0.15) is 5.25 Å². The van der Waals surface area contributed by atoms with Gasteiger partial charge in [-0.05, 0) is 25.2 Å². The van der Waals surface area contributed by atoms with Crippen molar-refractivity contribution in [1.82, 2.24) is 10.2 Å². The number of nitrogens with one attached hydrogen (secondary N) is 1. The Bertz CT molecular complexity index is 398. The van der Waals surface area contributed by atoms with E-state index in [1.54, 1.807) is 0 Å². The minimum Gasteiger partial charge on any atom is -0.354 e. The van der Waals surface area contributed by atoms with Gasteiger partial charge in [0.15, 0.2) is 9.84 Å². The highest BCUT2D eigenvalue weighted by atomic mass is 32.2. The summed E-state index contributed by atoms with van der Waals surface area (Å²) in [6.45, 7) is 9.33. The molecule has 1 aliphatic heterocycles. The first-order valence-electron chi connectivity index (χ1n) is 6.89. The van der Waals surface area contributed by atoms with Crippen LogP contribution >= 0.6 is 0 Å². The van der Waals surface area contributed by atoms with Crippen LogP contribution < -0.4 is 5.32 Å². The van der Waals surface area contributed by atoms with Crippen LogP contribution in [0.1, 0.15) is 27.2 Å². The molecule has 0 aromatic carbocycles. The van der Waals surface area contributed by atoms with Crippen LogP contribution in [0, 0.1) is 11.8 Å². The highest BCUT2D eigenvalue weighted by Crippen LogP contribution is 2.20. The maximum absolute atomic E-state index is 11.7. The zero-order chi connectivity index (χ0) is 14.6. The van der Waals surface area contributed by atoms with E-state index in [9.17, 15) is 13.2 Å². The molecule has 1 rings (SSSR count). The lowest BCUT2D eigenvalue weighted by molar-refractivity contribution is -0.120. The molecule has 0 radical (unpaired) electrons. The average molecular weight is 290 g/mol. The summed E-state index contributed by atoms with van der Waals surface area (Å²) in [5.74, 6) is 0.976. The van der Waals surface area contributed by atoms with E-state index in [0.29, 0.717) is 18.4 Å². The quantitative estimate of drug-likeness (QED) is 0.801. The summed E-state index contributed by atoms with van der Waals surface area (Å²) in [4.78, 5) is 14.0. The molecule has 1 heterocycles. The summed E-state index contributed by atoms with van der Waals surface area (Å²) >= 11 is 0. The van der Waals surface area contributed by atoms with Gasteiger partial charge < -0.3 is 10.2 Å². The third-order valence-electron chi connectivity index (χ3n) is 3.68. The lowest BCUT2D eigenvalue weighted by Crippen LogP contribution is -2.45. The summed E-state index contributed by atoms with van der Waals surface area (Å²) < 4.78 is 22.5.